The molecule has 0 fully saturated rings. The summed E-state index contributed by atoms with van der Waals surface area (Å²) in [6, 6.07) is 17.2. The smallest absolute Gasteiger partial charge is 0.308 e. The zero-order valence-corrected chi connectivity index (χ0v) is 19.0. The highest BCUT2D eigenvalue weighted by atomic mass is 16.5. The van der Waals surface area contributed by atoms with Crippen molar-refractivity contribution in [2.24, 2.45) is 0 Å². The predicted octanol–water partition coefficient (Wildman–Crippen LogP) is 2.76. The number of hydrogen-bond donors (Lipinski definition) is 2. The van der Waals surface area contributed by atoms with E-state index in [0.717, 1.165) is 23.9 Å². The normalized spacial score (nSPS) is 11.8. The van der Waals surface area contributed by atoms with Crippen LogP contribution in [0.2, 0.25) is 0 Å². The van der Waals surface area contributed by atoms with Crippen molar-refractivity contribution in [1.29, 1.82) is 0 Å². The Morgan fingerprint density at radius 3 is 2.29 bits per heavy atom. The van der Waals surface area contributed by atoms with E-state index < -0.39 is 23.7 Å². The fraction of sp³-hybridized carbons (Fsp3) is 0.115. The minimum absolute atomic E-state index is 0.112. The molecule has 1 aliphatic heterocycles. The average molecular weight is 474 g/mol. The van der Waals surface area contributed by atoms with Crippen LogP contribution < -0.4 is 15.0 Å². The second-order valence-corrected chi connectivity index (χ2v) is 7.34. The van der Waals surface area contributed by atoms with Crippen LogP contribution in [0.4, 0.5) is 5.69 Å². The topological polar surface area (TPSA) is 130 Å². The zero-order valence-electron chi connectivity index (χ0n) is 19.0. The Bertz CT molecular complexity index is 1300. The van der Waals surface area contributed by atoms with Gasteiger partial charge in [-0.3, -0.25) is 24.0 Å². The number of imide groups is 1. The van der Waals surface area contributed by atoms with E-state index in [1.165, 1.54) is 37.3 Å². The first-order chi connectivity index (χ1) is 16.9. The minimum Gasteiger partial charge on any atom is -0.427 e. The van der Waals surface area contributed by atoms with Crippen LogP contribution >= 0.6 is 0 Å². The molecule has 2 N–H and O–H groups in total. The van der Waals surface area contributed by atoms with Gasteiger partial charge >= 0.3 is 5.97 Å². The van der Waals surface area contributed by atoms with Gasteiger partial charge in [-0.2, -0.15) is 0 Å². The van der Waals surface area contributed by atoms with Gasteiger partial charge in [0.2, 0.25) is 0 Å². The van der Waals surface area contributed by atoms with Crippen LogP contribution in [0.15, 0.2) is 66.7 Å². The number of amides is 3. The Morgan fingerprint density at radius 2 is 1.63 bits per heavy atom. The summed E-state index contributed by atoms with van der Waals surface area (Å²) >= 11 is 0. The van der Waals surface area contributed by atoms with Crippen molar-refractivity contribution >= 4 is 35.7 Å². The van der Waals surface area contributed by atoms with E-state index in [1.54, 1.807) is 36.4 Å². The molecule has 3 aromatic carbocycles. The van der Waals surface area contributed by atoms with Gasteiger partial charge in [-0.1, -0.05) is 30.3 Å². The van der Waals surface area contributed by atoms with Crippen LogP contribution in [-0.4, -0.2) is 42.2 Å². The summed E-state index contributed by atoms with van der Waals surface area (Å²) in [6.07, 6.45) is 0.737. The van der Waals surface area contributed by atoms with Gasteiger partial charge in [-0.15, -0.1) is 0 Å². The van der Waals surface area contributed by atoms with Crippen LogP contribution in [0.1, 0.15) is 53.9 Å². The first-order valence-electron chi connectivity index (χ1n) is 10.5. The quantitative estimate of drug-likeness (QED) is 0.243. The number of nitrogens with zero attached hydrogens (tertiary/aromatic N) is 1. The molecule has 3 aromatic rings. The van der Waals surface area contributed by atoms with E-state index in [0.29, 0.717) is 5.56 Å². The number of carbonyl (C=O) groups is 5. The molecule has 1 aliphatic rings. The zero-order chi connectivity index (χ0) is 25.5. The first kappa shape index (κ1) is 25.0. The van der Waals surface area contributed by atoms with Crippen LogP contribution in [0.25, 0.3) is 0 Å². The van der Waals surface area contributed by atoms with Gasteiger partial charge in [0.25, 0.3) is 17.7 Å². The van der Waals surface area contributed by atoms with Crippen molar-refractivity contribution < 1.29 is 33.8 Å². The van der Waals surface area contributed by atoms with E-state index in [9.17, 15) is 24.0 Å². The third kappa shape index (κ3) is 5.48. The summed E-state index contributed by atoms with van der Waals surface area (Å²) in [5, 5.41) is 9.75. The van der Waals surface area contributed by atoms with Gasteiger partial charge < -0.3 is 15.2 Å². The number of hydrogen-bond acceptors (Lipinski definition) is 7. The fourth-order valence-corrected chi connectivity index (χ4v) is 3.47. The molecule has 1 heterocycles. The molecule has 0 radical (unpaired) electrons. The number of ether oxygens (including phenoxy) is 1. The maximum absolute atomic E-state index is 13.0. The van der Waals surface area contributed by atoms with Crippen molar-refractivity contribution in [3.63, 3.8) is 0 Å². The lowest BCUT2D eigenvalue weighted by molar-refractivity contribution is -0.131. The second kappa shape index (κ2) is 11.0. The Balaban J connectivity index is 0.00000167. The summed E-state index contributed by atoms with van der Waals surface area (Å²) < 4.78 is 5.03. The predicted molar refractivity (Wildman–Crippen MR) is 126 cm³/mol. The van der Waals surface area contributed by atoms with Crippen molar-refractivity contribution in [1.82, 2.24) is 5.32 Å². The van der Waals surface area contributed by atoms with E-state index in [1.807, 2.05) is 0 Å². The number of aliphatic hydroxyl groups excluding tert-OH is 1. The lowest BCUT2D eigenvalue weighted by Gasteiger charge is -2.14. The van der Waals surface area contributed by atoms with Crippen LogP contribution in [-0.2, 0) is 11.3 Å². The number of fused-ring (bicyclic) bond motifs is 1. The lowest BCUT2D eigenvalue weighted by atomic mass is 10.1. The van der Waals surface area contributed by atoms with Crippen molar-refractivity contribution in [2.75, 3.05) is 12.0 Å². The highest BCUT2D eigenvalue weighted by Gasteiger charge is 2.37. The maximum Gasteiger partial charge on any atom is 0.308 e. The highest BCUT2D eigenvalue weighted by molar-refractivity contribution is 6.34. The Morgan fingerprint density at radius 1 is 0.943 bits per heavy atom. The van der Waals surface area contributed by atoms with Crippen LogP contribution in [0.3, 0.4) is 0 Å². The average Bonchev–Trinajstić information content (AvgIpc) is 3.13. The summed E-state index contributed by atoms with van der Waals surface area (Å²) in [4.78, 5) is 61.4. The van der Waals surface area contributed by atoms with E-state index in [2.05, 4.69) is 5.32 Å². The van der Waals surface area contributed by atoms with E-state index in [-0.39, 0.29) is 34.7 Å². The highest BCUT2D eigenvalue weighted by Crippen LogP contribution is 2.31. The SMILES string of the molecule is CC(=O)Oc1cccc(N2C(=O)c3ccc(C(=O)NCc4ccc(C=O)cc4)cc3C2=O)c1.CO. The van der Waals surface area contributed by atoms with Crippen molar-refractivity contribution in [3.05, 3.63) is 94.5 Å². The number of rotatable bonds is 6. The fourth-order valence-electron chi connectivity index (χ4n) is 3.47. The number of aliphatic hydroxyl groups is 1. The van der Waals surface area contributed by atoms with Gasteiger partial charge in [0, 0.05) is 37.8 Å². The van der Waals surface area contributed by atoms with Gasteiger partial charge in [-0.05, 0) is 35.9 Å². The summed E-state index contributed by atoms with van der Waals surface area (Å²) in [6.45, 7) is 1.48. The Hall–Kier alpha value is -4.63. The molecule has 9 heteroatoms. The lowest BCUT2D eigenvalue weighted by Crippen LogP contribution is -2.29. The number of benzene rings is 3. The molecular formula is C26H22N2O7. The molecule has 0 unspecified atom stereocenters. The molecule has 178 valence electrons. The second-order valence-electron chi connectivity index (χ2n) is 7.34. The molecule has 0 bridgehead atoms. The van der Waals surface area contributed by atoms with Crippen molar-refractivity contribution in [2.45, 2.75) is 13.5 Å². The summed E-state index contributed by atoms with van der Waals surface area (Å²) in [5.41, 5.74) is 2.12. The number of anilines is 1. The molecule has 0 atom stereocenters. The molecule has 0 spiro atoms. The summed E-state index contributed by atoms with van der Waals surface area (Å²) in [5.74, 6) is -1.83. The number of nitrogens with one attached hydrogen (secondary N) is 1. The van der Waals surface area contributed by atoms with E-state index >= 15 is 0 Å². The van der Waals surface area contributed by atoms with Crippen LogP contribution in [0.5, 0.6) is 5.75 Å². The van der Waals surface area contributed by atoms with Gasteiger partial charge in [0.05, 0.1) is 16.8 Å². The monoisotopic (exact) mass is 474 g/mol. The molecule has 0 aromatic heterocycles. The standard InChI is InChI=1S/C25H18N2O6.CH4O/c1-15(29)33-20-4-2-3-19(12-20)27-24(31)21-10-9-18(11-22(21)25(27)32)23(30)26-13-16-5-7-17(14-28)8-6-16;1-2/h2-12,14H,13H2,1H3,(H,26,30);2H,1H3. The van der Waals surface area contributed by atoms with E-state index in [4.69, 9.17) is 9.84 Å². The Kier molecular flexibility index (Phi) is 7.85. The van der Waals surface area contributed by atoms with Gasteiger partial charge in [0.1, 0.15) is 12.0 Å². The minimum atomic E-state index is -0.575. The number of esters is 1. The first-order valence-corrected chi connectivity index (χ1v) is 10.5. The third-order valence-electron chi connectivity index (χ3n) is 5.06. The Labute approximate surface area is 200 Å². The molecule has 3 amide bonds. The largest absolute Gasteiger partial charge is 0.427 e. The van der Waals surface area contributed by atoms with Crippen molar-refractivity contribution in [3.8, 4) is 5.75 Å². The summed E-state index contributed by atoms with van der Waals surface area (Å²) in [7, 11) is 1.00. The molecule has 35 heavy (non-hydrogen) atoms. The molecular weight excluding hydrogens is 452 g/mol. The van der Waals surface area contributed by atoms with Crippen LogP contribution in [0, 0.1) is 0 Å². The maximum atomic E-state index is 13.0. The molecule has 9 nitrogen and oxygen atoms in total. The third-order valence-corrected chi connectivity index (χ3v) is 5.06. The molecule has 0 saturated heterocycles. The molecule has 0 saturated carbocycles. The number of carbonyl (C=O) groups excluding carboxylic acids is 5. The number of aldehydes is 1. The molecule has 4 rings (SSSR count). The van der Waals surface area contributed by atoms with Gasteiger partial charge in [0.15, 0.2) is 0 Å². The van der Waals surface area contributed by atoms with Gasteiger partial charge in [-0.25, -0.2) is 4.90 Å². The molecule has 0 aliphatic carbocycles.